The average molecular weight is 255 g/mol. The van der Waals surface area contributed by atoms with Gasteiger partial charge in [-0.1, -0.05) is 19.8 Å². The van der Waals surface area contributed by atoms with Crippen LogP contribution in [0, 0.1) is 5.92 Å². The van der Waals surface area contributed by atoms with E-state index in [1.54, 1.807) is 0 Å². The second kappa shape index (κ2) is 6.46. The highest BCUT2D eigenvalue weighted by atomic mass is 19.4. The van der Waals surface area contributed by atoms with Crippen LogP contribution in [0.3, 0.4) is 0 Å². The molecule has 2 N–H and O–H groups in total. The van der Waals surface area contributed by atoms with E-state index in [-0.39, 0.29) is 6.42 Å². The zero-order chi connectivity index (χ0) is 13.6. The third-order valence-electron chi connectivity index (χ3n) is 2.35. The summed E-state index contributed by atoms with van der Waals surface area (Å²) in [5.41, 5.74) is 0. The van der Waals surface area contributed by atoms with E-state index >= 15 is 0 Å². The minimum atomic E-state index is -4.65. The Kier molecular flexibility index (Phi) is 5.98. The van der Waals surface area contributed by atoms with Crippen molar-refractivity contribution in [2.75, 3.05) is 0 Å². The molecule has 0 aliphatic rings. The Hall–Kier alpha value is -1.27. The first-order chi connectivity index (χ1) is 7.70. The summed E-state index contributed by atoms with van der Waals surface area (Å²) >= 11 is 0. The van der Waals surface area contributed by atoms with Gasteiger partial charge in [0.25, 0.3) is 0 Å². The topological polar surface area (TPSA) is 66.4 Å². The highest BCUT2D eigenvalue weighted by Crippen LogP contribution is 2.25. The SMILES string of the molecule is CCCC[C@H](NC(=O)C(C)C(F)(F)F)C(=O)O. The predicted molar refractivity (Wildman–Crippen MR) is 54.3 cm³/mol. The number of aliphatic carboxylic acids is 1. The molecule has 0 fully saturated rings. The zero-order valence-corrected chi connectivity index (χ0v) is 9.67. The Morgan fingerprint density at radius 3 is 2.24 bits per heavy atom. The maximum Gasteiger partial charge on any atom is 0.400 e. The van der Waals surface area contributed by atoms with Crippen molar-refractivity contribution in [3.05, 3.63) is 0 Å². The van der Waals surface area contributed by atoms with Crippen molar-refractivity contribution in [1.82, 2.24) is 5.32 Å². The van der Waals surface area contributed by atoms with Gasteiger partial charge in [-0.15, -0.1) is 0 Å². The molecule has 1 unspecified atom stereocenters. The van der Waals surface area contributed by atoms with Gasteiger partial charge in [0, 0.05) is 0 Å². The number of unbranched alkanes of at least 4 members (excludes halogenated alkanes) is 1. The number of amides is 1. The van der Waals surface area contributed by atoms with Crippen LogP contribution in [0.1, 0.15) is 33.1 Å². The third kappa shape index (κ3) is 5.55. The molecule has 2 atom stereocenters. The monoisotopic (exact) mass is 255 g/mol. The molecule has 0 saturated carbocycles. The fourth-order valence-corrected chi connectivity index (χ4v) is 1.11. The van der Waals surface area contributed by atoms with E-state index in [1.165, 1.54) is 0 Å². The molecular weight excluding hydrogens is 239 g/mol. The second-order valence-corrected chi connectivity index (χ2v) is 3.80. The van der Waals surface area contributed by atoms with Gasteiger partial charge >= 0.3 is 12.1 Å². The standard InChI is InChI=1S/C10H16F3NO3/c1-3-4-5-7(9(16)17)14-8(15)6(2)10(11,12)13/h6-7H,3-5H2,1-2H3,(H,14,15)(H,16,17)/t6?,7-/m0/s1. The summed E-state index contributed by atoms with van der Waals surface area (Å²) in [5, 5.41) is 10.6. The molecule has 0 spiro atoms. The van der Waals surface area contributed by atoms with E-state index in [0.717, 1.165) is 0 Å². The summed E-state index contributed by atoms with van der Waals surface area (Å²) in [6, 6.07) is -1.26. The van der Waals surface area contributed by atoms with Crippen molar-refractivity contribution in [3.63, 3.8) is 0 Å². The van der Waals surface area contributed by atoms with Crippen molar-refractivity contribution >= 4 is 11.9 Å². The Labute approximate surface area is 97.2 Å². The van der Waals surface area contributed by atoms with E-state index < -0.39 is 30.0 Å². The van der Waals surface area contributed by atoms with Gasteiger partial charge in [-0.3, -0.25) is 4.79 Å². The van der Waals surface area contributed by atoms with Crippen LogP contribution in [0.15, 0.2) is 0 Å². The lowest BCUT2D eigenvalue weighted by Crippen LogP contribution is -2.46. The van der Waals surface area contributed by atoms with Crippen LogP contribution >= 0.6 is 0 Å². The summed E-state index contributed by atoms with van der Waals surface area (Å²) in [7, 11) is 0. The predicted octanol–water partition coefficient (Wildman–Crippen LogP) is 1.94. The minimum absolute atomic E-state index is 0.127. The van der Waals surface area contributed by atoms with Crippen molar-refractivity contribution in [1.29, 1.82) is 0 Å². The summed E-state index contributed by atoms with van der Waals surface area (Å²) < 4.78 is 36.6. The molecule has 0 aromatic heterocycles. The summed E-state index contributed by atoms with van der Waals surface area (Å²) in [6.45, 7) is 2.52. The third-order valence-corrected chi connectivity index (χ3v) is 2.35. The highest BCUT2D eigenvalue weighted by molar-refractivity contribution is 5.85. The van der Waals surface area contributed by atoms with Gasteiger partial charge in [0.15, 0.2) is 0 Å². The number of nitrogens with one attached hydrogen (secondary N) is 1. The van der Waals surface area contributed by atoms with Crippen molar-refractivity contribution < 1.29 is 27.9 Å². The van der Waals surface area contributed by atoms with Gasteiger partial charge in [0.1, 0.15) is 12.0 Å². The number of carbonyl (C=O) groups is 2. The van der Waals surface area contributed by atoms with Gasteiger partial charge in [-0.2, -0.15) is 13.2 Å². The van der Waals surface area contributed by atoms with Gasteiger partial charge in [0.2, 0.25) is 5.91 Å². The van der Waals surface area contributed by atoms with Crippen molar-refractivity contribution in [2.45, 2.75) is 45.3 Å². The Bertz CT molecular complexity index is 278. The van der Waals surface area contributed by atoms with Crippen LogP contribution in [-0.2, 0) is 9.59 Å². The van der Waals surface area contributed by atoms with Crippen LogP contribution in [0.25, 0.3) is 0 Å². The van der Waals surface area contributed by atoms with Gasteiger partial charge in [-0.25, -0.2) is 4.79 Å². The molecule has 100 valence electrons. The van der Waals surface area contributed by atoms with Gasteiger partial charge in [-0.05, 0) is 13.3 Å². The van der Waals surface area contributed by atoms with E-state index in [0.29, 0.717) is 19.8 Å². The Balaban J connectivity index is 4.45. The first-order valence-electron chi connectivity index (χ1n) is 5.30. The molecule has 7 heteroatoms. The largest absolute Gasteiger partial charge is 0.480 e. The fraction of sp³-hybridized carbons (Fsp3) is 0.800. The number of hydrogen-bond acceptors (Lipinski definition) is 2. The van der Waals surface area contributed by atoms with Gasteiger partial charge in [0.05, 0.1) is 0 Å². The lowest BCUT2D eigenvalue weighted by atomic mass is 10.1. The van der Waals surface area contributed by atoms with Crippen LogP contribution in [-0.4, -0.2) is 29.2 Å². The summed E-state index contributed by atoms with van der Waals surface area (Å²) in [4.78, 5) is 21.9. The molecule has 0 aromatic carbocycles. The lowest BCUT2D eigenvalue weighted by Gasteiger charge is -2.19. The van der Waals surface area contributed by atoms with E-state index in [9.17, 15) is 22.8 Å². The maximum absolute atomic E-state index is 12.2. The first kappa shape index (κ1) is 15.7. The molecule has 0 bridgehead atoms. The Morgan fingerprint density at radius 2 is 1.88 bits per heavy atom. The molecule has 4 nitrogen and oxygen atoms in total. The molecule has 0 aliphatic heterocycles. The van der Waals surface area contributed by atoms with Gasteiger partial charge < -0.3 is 10.4 Å². The smallest absolute Gasteiger partial charge is 0.400 e. The maximum atomic E-state index is 12.2. The second-order valence-electron chi connectivity index (χ2n) is 3.80. The Morgan fingerprint density at radius 1 is 1.35 bits per heavy atom. The molecular formula is C10H16F3NO3. The molecule has 0 radical (unpaired) electrons. The molecule has 0 aliphatic carbocycles. The average Bonchev–Trinajstić information content (AvgIpc) is 2.20. The highest BCUT2D eigenvalue weighted by Gasteiger charge is 2.42. The van der Waals surface area contributed by atoms with E-state index in [4.69, 9.17) is 5.11 Å². The van der Waals surface area contributed by atoms with E-state index in [2.05, 4.69) is 0 Å². The number of carbonyl (C=O) groups excluding carboxylic acids is 1. The fourth-order valence-electron chi connectivity index (χ4n) is 1.11. The molecule has 0 saturated heterocycles. The quantitative estimate of drug-likeness (QED) is 0.762. The molecule has 0 aromatic rings. The number of hydrogen-bond donors (Lipinski definition) is 2. The van der Waals surface area contributed by atoms with Crippen LogP contribution in [0.5, 0.6) is 0 Å². The normalized spacial score (nSPS) is 15.1. The molecule has 17 heavy (non-hydrogen) atoms. The van der Waals surface area contributed by atoms with Crippen LogP contribution in [0.2, 0.25) is 0 Å². The number of rotatable bonds is 6. The van der Waals surface area contributed by atoms with E-state index in [1.807, 2.05) is 12.2 Å². The minimum Gasteiger partial charge on any atom is -0.480 e. The number of halogens is 3. The summed E-state index contributed by atoms with van der Waals surface area (Å²) in [6.07, 6.45) is -3.30. The summed E-state index contributed by atoms with van der Waals surface area (Å²) in [5.74, 6) is -4.83. The number of alkyl halides is 3. The molecule has 1 amide bonds. The molecule has 0 rings (SSSR count). The van der Waals surface area contributed by atoms with Crippen molar-refractivity contribution in [3.8, 4) is 0 Å². The number of carboxylic acid groups (broad SMARTS) is 1. The van der Waals surface area contributed by atoms with Crippen molar-refractivity contribution in [2.24, 2.45) is 5.92 Å². The van der Waals surface area contributed by atoms with Crippen LogP contribution < -0.4 is 5.32 Å². The van der Waals surface area contributed by atoms with Crippen LogP contribution in [0.4, 0.5) is 13.2 Å². The number of carboxylic acids is 1. The first-order valence-corrected chi connectivity index (χ1v) is 5.30. The molecule has 0 heterocycles. The lowest BCUT2D eigenvalue weighted by molar-refractivity contribution is -0.180. The zero-order valence-electron chi connectivity index (χ0n) is 9.67.